The number of hydrogen-bond acceptors (Lipinski definition) is 4. The first-order valence-corrected chi connectivity index (χ1v) is 7.82. The Labute approximate surface area is 134 Å². The largest absolute Gasteiger partial charge is 0.371 e. The van der Waals surface area contributed by atoms with Gasteiger partial charge in [-0.15, -0.1) is 0 Å². The third-order valence-electron chi connectivity index (χ3n) is 2.01. The van der Waals surface area contributed by atoms with E-state index in [0.717, 1.165) is 11.9 Å². The first kappa shape index (κ1) is 22.1. The predicted molar refractivity (Wildman–Crippen MR) is 95.3 cm³/mol. The molecule has 0 aliphatic heterocycles. The number of halogens is 1. The van der Waals surface area contributed by atoms with Crippen LogP contribution in [0.1, 0.15) is 41.5 Å². The molecule has 0 spiro atoms. The van der Waals surface area contributed by atoms with Gasteiger partial charge >= 0.3 is 0 Å². The minimum Gasteiger partial charge on any atom is -0.371 e. The van der Waals surface area contributed by atoms with Gasteiger partial charge < -0.3 is 10.6 Å². The molecule has 0 fully saturated rings. The van der Waals surface area contributed by atoms with Crippen LogP contribution in [0.5, 0.6) is 0 Å². The molecule has 22 heavy (non-hydrogen) atoms. The van der Waals surface area contributed by atoms with E-state index in [2.05, 4.69) is 20.6 Å². The third kappa shape index (κ3) is 8.19. The van der Waals surface area contributed by atoms with Crippen LogP contribution in [0.3, 0.4) is 0 Å². The first-order valence-electron chi connectivity index (χ1n) is 7.82. The van der Waals surface area contributed by atoms with Gasteiger partial charge in [-0.25, -0.2) is 9.37 Å². The van der Waals surface area contributed by atoms with Crippen LogP contribution >= 0.6 is 0 Å². The van der Waals surface area contributed by atoms with Crippen molar-refractivity contribution in [2.24, 2.45) is 0 Å². The van der Waals surface area contributed by atoms with Crippen LogP contribution in [0.2, 0.25) is 0 Å². The highest BCUT2D eigenvalue weighted by molar-refractivity contribution is 5.54. The summed E-state index contributed by atoms with van der Waals surface area (Å²) in [5.74, 6) is 0.0616. The molecule has 0 aliphatic carbocycles. The van der Waals surface area contributed by atoms with E-state index in [1.165, 1.54) is 0 Å². The summed E-state index contributed by atoms with van der Waals surface area (Å²) in [4.78, 5) is 7.82. The molecule has 0 bridgehead atoms. The molecule has 0 atom stereocenters. The van der Waals surface area contributed by atoms with Gasteiger partial charge in [-0.05, 0) is 12.1 Å². The number of nitrogens with one attached hydrogen (secondary N) is 2. The summed E-state index contributed by atoms with van der Waals surface area (Å²) in [6.45, 7) is 12.0. The van der Waals surface area contributed by atoms with Gasteiger partial charge in [0.05, 0.1) is 6.20 Å². The fourth-order valence-corrected chi connectivity index (χ4v) is 1.25. The van der Waals surface area contributed by atoms with Gasteiger partial charge in [0.1, 0.15) is 0 Å². The van der Waals surface area contributed by atoms with Gasteiger partial charge in [-0.3, -0.25) is 0 Å². The van der Waals surface area contributed by atoms with Gasteiger partial charge in [0.2, 0.25) is 5.95 Å². The lowest BCUT2D eigenvalue weighted by Crippen LogP contribution is -2.02. The molecule has 0 aliphatic rings. The molecular weight excluding hydrogens is 279 g/mol. The lowest BCUT2D eigenvalue weighted by atomic mass is 10.3. The van der Waals surface area contributed by atoms with Crippen molar-refractivity contribution in [2.75, 3.05) is 17.7 Å². The zero-order valence-electron chi connectivity index (χ0n) is 14.7. The van der Waals surface area contributed by atoms with Gasteiger partial charge in [0.25, 0.3) is 0 Å². The maximum Gasteiger partial charge on any atom is 0.229 e. The van der Waals surface area contributed by atoms with E-state index < -0.39 is 5.82 Å². The van der Waals surface area contributed by atoms with Crippen molar-refractivity contribution in [1.82, 2.24) is 9.97 Å². The topological polar surface area (TPSA) is 49.8 Å². The quantitative estimate of drug-likeness (QED) is 0.788. The number of aromatic nitrogens is 2. The lowest BCUT2D eigenvalue weighted by Gasteiger charge is -2.06. The Bertz CT molecular complexity index is 475. The first-order chi connectivity index (χ1) is 10.8. The van der Waals surface area contributed by atoms with E-state index in [-0.39, 0.29) is 5.82 Å². The fraction of sp³-hybridized carbons (Fsp3) is 0.412. The van der Waals surface area contributed by atoms with Gasteiger partial charge in [-0.1, -0.05) is 59.7 Å². The molecule has 4 nitrogen and oxygen atoms in total. The molecule has 0 saturated carbocycles. The number of rotatable bonds is 3. The third-order valence-corrected chi connectivity index (χ3v) is 2.01. The van der Waals surface area contributed by atoms with Crippen molar-refractivity contribution >= 4 is 17.5 Å². The summed E-state index contributed by atoms with van der Waals surface area (Å²) >= 11 is 0. The molecule has 1 heterocycles. The highest BCUT2D eigenvalue weighted by Crippen LogP contribution is 2.15. The van der Waals surface area contributed by atoms with Gasteiger partial charge in [0.15, 0.2) is 11.6 Å². The second-order valence-corrected chi connectivity index (χ2v) is 3.13. The Balaban J connectivity index is 0. The van der Waals surface area contributed by atoms with Crippen molar-refractivity contribution in [3.63, 3.8) is 0 Å². The van der Waals surface area contributed by atoms with Crippen LogP contribution in [-0.2, 0) is 0 Å². The van der Waals surface area contributed by atoms with Crippen molar-refractivity contribution in [1.29, 1.82) is 0 Å². The molecule has 124 valence electrons. The molecule has 0 radical (unpaired) electrons. The lowest BCUT2D eigenvalue weighted by molar-refractivity contribution is 0.619. The van der Waals surface area contributed by atoms with Crippen molar-refractivity contribution in [3.05, 3.63) is 42.3 Å². The Morgan fingerprint density at radius 3 is 1.95 bits per heavy atom. The summed E-state index contributed by atoms with van der Waals surface area (Å²) in [6.07, 6.45) is 1.13. The Hall–Kier alpha value is -2.17. The predicted octanol–water partition coefficient (Wildman–Crippen LogP) is 5.48. The van der Waals surface area contributed by atoms with E-state index in [1.54, 1.807) is 7.05 Å². The molecule has 2 aromatic rings. The number of anilines is 3. The molecule has 0 amide bonds. The van der Waals surface area contributed by atoms with Crippen molar-refractivity contribution in [2.45, 2.75) is 41.5 Å². The molecule has 1 aromatic heterocycles. The highest BCUT2D eigenvalue weighted by atomic mass is 19.1. The molecular formula is C17H29FN4. The Morgan fingerprint density at radius 1 is 0.909 bits per heavy atom. The molecule has 2 N–H and O–H groups in total. The Morgan fingerprint density at radius 2 is 1.45 bits per heavy atom. The summed E-state index contributed by atoms with van der Waals surface area (Å²) in [7, 11) is 1.61. The molecule has 2 rings (SSSR count). The maximum atomic E-state index is 13.1. The number of para-hydroxylation sites is 1. The molecule has 0 saturated heterocycles. The number of nitrogens with zero attached hydrogens (tertiary/aromatic N) is 2. The average molecular weight is 308 g/mol. The summed E-state index contributed by atoms with van der Waals surface area (Å²) in [5.41, 5.74) is 0.858. The van der Waals surface area contributed by atoms with E-state index in [1.807, 2.05) is 71.9 Å². The molecule has 0 unspecified atom stereocenters. The minimum atomic E-state index is -0.471. The highest BCUT2D eigenvalue weighted by Gasteiger charge is 2.04. The fourth-order valence-electron chi connectivity index (χ4n) is 1.25. The van der Waals surface area contributed by atoms with Crippen LogP contribution in [0.25, 0.3) is 0 Å². The Kier molecular flexibility index (Phi) is 15.3. The normalized spacial score (nSPS) is 8.00. The smallest absolute Gasteiger partial charge is 0.229 e. The summed E-state index contributed by atoms with van der Waals surface area (Å²) < 4.78 is 13.1. The van der Waals surface area contributed by atoms with Crippen LogP contribution in [0.15, 0.2) is 36.5 Å². The summed E-state index contributed by atoms with van der Waals surface area (Å²) in [5, 5.41) is 5.63. The minimum absolute atomic E-state index is 0.174. The van der Waals surface area contributed by atoms with Crippen molar-refractivity contribution < 1.29 is 4.39 Å². The second-order valence-electron chi connectivity index (χ2n) is 3.13. The van der Waals surface area contributed by atoms with Crippen LogP contribution < -0.4 is 10.6 Å². The zero-order valence-corrected chi connectivity index (χ0v) is 14.7. The monoisotopic (exact) mass is 308 g/mol. The van der Waals surface area contributed by atoms with E-state index >= 15 is 0 Å². The molecule has 5 heteroatoms. The van der Waals surface area contributed by atoms with Gasteiger partial charge in [-0.2, -0.15) is 4.98 Å². The summed E-state index contributed by atoms with van der Waals surface area (Å²) in [6, 6.07) is 9.46. The second kappa shape index (κ2) is 15.2. The number of benzene rings is 1. The van der Waals surface area contributed by atoms with Crippen LogP contribution in [0.4, 0.5) is 21.8 Å². The van der Waals surface area contributed by atoms with Crippen molar-refractivity contribution in [3.8, 4) is 0 Å². The van der Waals surface area contributed by atoms with Crippen LogP contribution in [-0.4, -0.2) is 17.0 Å². The number of hydrogen-bond donors (Lipinski definition) is 2. The average Bonchev–Trinajstić information content (AvgIpc) is 2.63. The standard InChI is InChI=1S/C11H11FN4.3C2H6/c1-13-10-9(12)7-14-11(16-10)15-8-5-3-2-4-6-8;3*1-2/h2-7H,1H3,(H2,13,14,15,16);3*1-2H3. The van der Waals surface area contributed by atoms with E-state index in [9.17, 15) is 4.39 Å². The van der Waals surface area contributed by atoms with Crippen LogP contribution in [0, 0.1) is 5.82 Å². The zero-order chi connectivity index (χ0) is 17.4. The van der Waals surface area contributed by atoms with E-state index in [0.29, 0.717) is 5.95 Å². The maximum absolute atomic E-state index is 13.1. The SMILES string of the molecule is CC.CC.CC.CNc1nc(Nc2ccccc2)ncc1F. The van der Waals surface area contributed by atoms with E-state index in [4.69, 9.17) is 0 Å². The molecule has 1 aromatic carbocycles. The van der Waals surface area contributed by atoms with Gasteiger partial charge in [0, 0.05) is 12.7 Å².